The maximum Gasteiger partial charge on any atom is 0.272 e. The van der Waals surface area contributed by atoms with Crippen LogP contribution in [0, 0.1) is 5.82 Å². The lowest BCUT2D eigenvalue weighted by molar-refractivity contribution is 0.0767. The minimum absolute atomic E-state index is 0.189. The molecule has 1 aromatic carbocycles. The van der Waals surface area contributed by atoms with Crippen LogP contribution in [0.1, 0.15) is 40.4 Å². The van der Waals surface area contributed by atoms with Crippen molar-refractivity contribution >= 4 is 11.8 Å². The van der Waals surface area contributed by atoms with Crippen molar-refractivity contribution in [1.82, 2.24) is 15.2 Å². The number of nitrogens with zero attached hydrogens (tertiary/aromatic N) is 2. The van der Waals surface area contributed by atoms with Crippen molar-refractivity contribution in [2.24, 2.45) is 0 Å². The molecule has 0 aliphatic carbocycles. The molecule has 5 nitrogen and oxygen atoms in total. The minimum atomic E-state index is -0.337. The van der Waals surface area contributed by atoms with Gasteiger partial charge >= 0.3 is 0 Å². The normalized spacial score (nSPS) is 10.4. The summed E-state index contributed by atoms with van der Waals surface area (Å²) in [5, 5.41) is 2.77. The van der Waals surface area contributed by atoms with Crippen LogP contribution in [-0.2, 0) is 6.42 Å². The van der Waals surface area contributed by atoms with Gasteiger partial charge in [-0.1, -0.05) is 18.2 Å². The number of carbonyl (C=O) groups is 2. The summed E-state index contributed by atoms with van der Waals surface area (Å²) in [7, 11) is 0. The Balaban J connectivity index is 1.96. The first-order chi connectivity index (χ1) is 12.0. The van der Waals surface area contributed by atoms with Crippen molar-refractivity contribution in [3.8, 4) is 0 Å². The van der Waals surface area contributed by atoms with Crippen LogP contribution in [0.2, 0.25) is 0 Å². The maximum absolute atomic E-state index is 12.9. The predicted octanol–water partition coefficient (Wildman–Crippen LogP) is 2.68. The molecular formula is C19H22FN3O2. The lowest BCUT2D eigenvalue weighted by Crippen LogP contribution is -2.32. The zero-order chi connectivity index (χ0) is 18.2. The Bertz CT molecular complexity index is 728. The Morgan fingerprint density at radius 3 is 2.32 bits per heavy atom. The van der Waals surface area contributed by atoms with Gasteiger partial charge in [0.1, 0.15) is 17.2 Å². The van der Waals surface area contributed by atoms with Gasteiger partial charge in [0.05, 0.1) is 0 Å². The molecule has 1 N–H and O–H groups in total. The van der Waals surface area contributed by atoms with Crippen molar-refractivity contribution in [2.75, 3.05) is 19.6 Å². The Kier molecular flexibility index (Phi) is 6.62. The van der Waals surface area contributed by atoms with Gasteiger partial charge in [0.2, 0.25) is 0 Å². The summed E-state index contributed by atoms with van der Waals surface area (Å²) in [6, 6.07) is 11.0. The number of rotatable bonds is 7. The van der Waals surface area contributed by atoms with E-state index in [4.69, 9.17) is 0 Å². The predicted molar refractivity (Wildman–Crippen MR) is 93.9 cm³/mol. The molecular weight excluding hydrogens is 321 g/mol. The molecule has 0 aliphatic heterocycles. The molecule has 25 heavy (non-hydrogen) atoms. The van der Waals surface area contributed by atoms with Crippen molar-refractivity contribution in [2.45, 2.75) is 20.3 Å². The van der Waals surface area contributed by atoms with Crippen LogP contribution in [0.15, 0.2) is 42.5 Å². The molecule has 1 aromatic heterocycles. The number of hydrogen-bond acceptors (Lipinski definition) is 3. The van der Waals surface area contributed by atoms with Crippen LogP contribution in [0.25, 0.3) is 0 Å². The largest absolute Gasteiger partial charge is 0.350 e. The van der Waals surface area contributed by atoms with E-state index in [1.165, 1.54) is 12.1 Å². The average molecular weight is 343 g/mol. The van der Waals surface area contributed by atoms with Crippen molar-refractivity contribution in [3.63, 3.8) is 0 Å². The fraction of sp³-hybridized carbons (Fsp3) is 0.316. The second-order valence-electron chi connectivity index (χ2n) is 5.52. The Labute approximate surface area is 146 Å². The van der Waals surface area contributed by atoms with E-state index in [1.807, 2.05) is 13.8 Å². The number of halogens is 1. The number of pyridine rings is 1. The van der Waals surface area contributed by atoms with Crippen LogP contribution < -0.4 is 5.32 Å². The molecule has 2 rings (SSSR count). The standard InChI is InChI=1S/C19H22FN3O2/c1-3-23(4-2)19(25)17-7-5-6-16(22-17)18(24)21-13-12-14-8-10-15(20)11-9-14/h5-11H,3-4,12-13H2,1-2H3,(H,21,24). The summed E-state index contributed by atoms with van der Waals surface area (Å²) in [5.41, 5.74) is 1.40. The number of aromatic nitrogens is 1. The fourth-order valence-corrected chi connectivity index (χ4v) is 2.42. The molecule has 2 amide bonds. The van der Waals surface area contributed by atoms with Crippen LogP contribution in [0.5, 0.6) is 0 Å². The maximum atomic E-state index is 12.9. The Hall–Kier alpha value is -2.76. The van der Waals surface area contributed by atoms with Gasteiger partial charge in [-0.05, 0) is 50.1 Å². The van der Waals surface area contributed by atoms with Gasteiger partial charge in [-0.3, -0.25) is 9.59 Å². The van der Waals surface area contributed by atoms with Gasteiger partial charge in [-0.25, -0.2) is 9.37 Å². The molecule has 0 fully saturated rings. The lowest BCUT2D eigenvalue weighted by atomic mass is 10.1. The first kappa shape index (κ1) is 18.6. The highest BCUT2D eigenvalue weighted by Gasteiger charge is 2.16. The average Bonchev–Trinajstić information content (AvgIpc) is 2.64. The zero-order valence-corrected chi connectivity index (χ0v) is 14.5. The van der Waals surface area contributed by atoms with Crippen molar-refractivity contribution < 1.29 is 14.0 Å². The van der Waals surface area contributed by atoms with Gasteiger partial charge in [-0.15, -0.1) is 0 Å². The summed E-state index contributed by atoms with van der Waals surface area (Å²) in [5.74, 6) is -0.811. The molecule has 0 spiro atoms. The van der Waals surface area contributed by atoms with E-state index in [9.17, 15) is 14.0 Å². The van der Waals surface area contributed by atoms with Gasteiger partial charge in [0, 0.05) is 19.6 Å². The summed E-state index contributed by atoms with van der Waals surface area (Å²) in [6.45, 7) is 5.37. The van der Waals surface area contributed by atoms with Crippen LogP contribution >= 0.6 is 0 Å². The molecule has 0 saturated carbocycles. The van der Waals surface area contributed by atoms with E-state index < -0.39 is 0 Å². The summed E-state index contributed by atoms with van der Waals surface area (Å²) in [4.78, 5) is 30.3. The quantitative estimate of drug-likeness (QED) is 0.841. The first-order valence-corrected chi connectivity index (χ1v) is 8.34. The van der Waals surface area contributed by atoms with Crippen molar-refractivity contribution in [1.29, 1.82) is 0 Å². The Morgan fingerprint density at radius 2 is 1.68 bits per heavy atom. The zero-order valence-electron chi connectivity index (χ0n) is 14.5. The van der Waals surface area contributed by atoms with E-state index in [-0.39, 0.29) is 29.0 Å². The SMILES string of the molecule is CCN(CC)C(=O)c1cccc(C(=O)NCCc2ccc(F)cc2)n1. The topological polar surface area (TPSA) is 62.3 Å². The number of carbonyl (C=O) groups excluding carboxylic acids is 2. The summed E-state index contributed by atoms with van der Waals surface area (Å²) in [6.07, 6.45) is 0.587. The third-order valence-corrected chi connectivity index (χ3v) is 3.86. The van der Waals surface area contributed by atoms with Crippen LogP contribution in [0.3, 0.4) is 0 Å². The van der Waals surface area contributed by atoms with E-state index in [0.717, 1.165) is 5.56 Å². The van der Waals surface area contributed by atoms with E-state index in [2.05, 4.69) is 10.3 Å². The molecule has 132 valence electrons. The smallest absolute Gasteiger partial charge is 0.272 e. The lowest BCUT2D eigenvalue weighted by Gasteiger charge is -2.18. The third-order valence-electron chi connectivity index (χ3n) is 3.86. The van der Waals surface area contributed by atoms with Gasteiger partial charge in [0.25, 0.3) is 11.8 Å². The molecule has 0 radical (unpaired) electrons. The van der Waals surface area contributed by atoms with Crippen molar-refractivity contribution in [3.05, 3.63) is 65.2 Å². The molecule has 6 heteroatoms. The molecule has 0 aliphatic rings. The first-order valence-electron chi connectivity index (χ1n) is 8.34. The Morgan fingerprint density at radius 1 is 1.04 bits per heavy atom. The third kappa shape index (κ3) is 5.11. The summed E-state index contributed by atoms with van der Waals surface area (Å²) < 4.78 is 12.9. The minimum Gasteiger partial charge on any atom is -0.350 e. The highest BCUT2D eigenvalue weighted by Crippen LogP contribution is 2.05. The second kappa shape index (κ2) is 8.92. The van der Waals surface area contributed by atoms with Gasteiger partial charge in [0.15, 0.2) is 0 Å². The van der Waals surface area contributed by atoms with Crippen LogP contribution in [-0.4, -0.2) is 41.3 Å². The summed E-state index contributed by atoms with van der Waals surface area (Å²) >= 11 is 0. The van der Waals surface area contributed by atoms with Gasteiger partial charge < -0.3 is 10.2 Å². The van der Waals surface area contributed by atoms with Crippen LogP contribution in [0.4, 0.5) is 4.39 Å². The molecule has 2 aromatic rings. The number of hydrogen-bond donors (Lipinski definition) is 1. The fourth-order valence-electron chi connectivity index (χ4n) is 2.42. The second-order valence-corrected chi connectivity index (χ2v) is 5.52. The van der Waals surface area contributed by atoms with Gasteiger partial charge in [-0.2, -0.15) is 0 Å². The van der Waals surface area contributed by atoms with E-state index >= 15 is 0 Å². The highest BCUT2D eigenvalue weighted by molar-refractivity contribution is 5.96. The molecule has 1 heterocycles. The number of amides is 2. The number of benzene rings is 1. The molecule has 0 bridgehead atoms. The van der Waals surface area contributed by atoms with E-state index in [0.29, 0.717) is 26.1 Å². The molecule has 0 atom stereocenters. The molecule has 0 unspecified atom stereocenters. The monoisotopic (exact) mass is 343 g/mol. The van der Waals surface area contributed by atoms with E-state index in [1.54, 1.807) is 35.2 Å². The number of nitrogens with one attached hydrogen (secondary N) is 1. The highest BCUT2D eigenvalue weighted by atomic mass is 19.1. The molecule has 0 saturated heterocycles.